The maximum Gasteiger partial charge on any atom is 0.235 e. The largest absolute Gasteiger partial charge is 0.277 e. The number of hydrogen-bond acceptors (Lipinski definition) is 3. The molecular formula is C44H25N3S. The summed E-state index contributed by atoms with van der Waals surface area (Å²) in [5, 5.41) is 13.6. The fraction of sp³-hybridized carbons (Fsp3) is 0. The molecular weight excluding hydrogens is 603 g/mol. The van der Waals surface area contributed by atoms with Crippen LogP contribution in [0.3, 0.4) is 0 Å². The van der Waals surface area contributed by atoms with Crippen molar-refractivity contribution < 1.29 is 0 Å². The highest BCUT2D eigenvalue weighted by molar-refractivity contribution is 7.26. The Bertz CT molecular complexity index is 3080. The van der Waals surface area contributed by atoms with Crippen molar-refractivity contribution in [1.82, 2.24) is 14.5 Å². The number of rotatable bonds is 2. The predicted octanol–water partition coefficient (Wildman–Crippen LogP) is 12.2. The van der Waals surface area contributed by atoms with E-state index in [9.17, 15) is 0 Å². The molecule has 48 heavy (non-hydrogen) atoms. The second-order valence-electron chi connectivity index (χ2n) is 12.5. The molecule has 0 N–H and O–H groups in total. The van der Waals surface area contributed by atoms with E-state index in [4.69, 9.17) is 9.97 Å². The molecule has 0 atom stereocenters. The Labute approximate surface area is 278 Å². The molecule has 0 bridgehead atoms. The highest BCUT2D eigenvalue weighted by Gasteiger charge is 2.23. The van der Waals surface area contributed by atoms with Crippen LogP contribution in [0.2, 0.25) is 0 Å². The summed E-state index contributed by atoms with van der Waals surface area (Å²) in [7, 11) is 0. The summed E-state index contributed by atoms with van der Waals surface area (Å²) in [6, 6.07) is 54.6. The summed E-state index contributed by atoms with van der Waals surface area (Å²) in [4.78, 5) is 10.9. The molecule has 4 heteroatoms. The Balaban J connectivity index is 1.39. The Morgan fingerprint density at radius 3 is 1.83 bits per heavy atom. The summed E-state index contributed by atoms with van der Waals surface area (Å²) >= 11 is 1.77. The Morgan fingerprint density at radius 2 is 1.04 bits per heavy atom. The van der Waals surface area contributed by atoms with Gasteiger partial charge in [0.15, 0.2) is 0 Å². The van der Waals surface area contributed by atoms with Gasteiger partial charge < -0.3 is 0 Å². The molecule has 8 aromatic carbocycles. The van der Waals surface area contributed by atoms with E-state index in [-0.39, 0.29) is 0 Å². The minimum Gasteiger partial charge on any atom is -0.277 e. The molecule has 11 aromatic rings. The van der Waals surface area contributed by atoms with E-state index in [1.54, 1.807) is 11.3 Å². The summed E-state index contributed by atoms with van der Waals surface area (Å²) < 4.78 is 4.65. The van der Waals surface area contributed by atoms with Crippen LogP contribution in [-0.4, -0.2) is 14.5 Å². The quantitative estimate of drug-likeness (QED) is 0.179. The number of nitrogens with zero attached hydrogens (tertiary/aromatic N) is 3. The molecule has 3 nitrogen and oxygen atoms in total. The second kappa shape index (κ2) is 9.71. The average molecular weight is 628 g/mol. The Morgan fingerprint density at radius 1 is 0.438 bits per heavy atom. The number of benzene rings is 8. The van der Waals surface area contributed by atoms with Crippen LogP contribution in [0.5, 0.6) is 0 Å². The van der Waals surface area contributed by atoms with Crippen LogP contribution >= 0.6 is 11.3 Å². The highest BCUT2D eigenvalue weighted by atomic mass is 32.1. The van der Waals surface area contributed by atoms with E-state index >= 15 is 0 Å². The lowest BCUT2D eigenvalue weighted by atomic mass is 9.91. The highest BCUT2D eigenvalue weighted by Crippen LogP contribution is 2.45. The van der Waals surface area contributed by atoms with Gasteiger partial charge in [0.05, 0.1) is 26.9 Å². The number of thiophene rings is 1. The molecule has 0 fully saturated rings. The van der Waals surface area contributed by atoms with Gasteiger partial charge >= 0.3 is 0 Å². The normalized spacial score (nSPS) is 12.2. The summed E-state index contributed by atoms with van der Waals surface area (Å²) in [5.74, 6) is 0.686. The van der Waals surface area contributed by atoms with Crippen molar-refractivity contribution in [2.75, 3.05) is 0 Å². The predicted molar refractivity (Wildman–Crippen MR) is 205 cm³/mol. The van der Waals surface area contributed by atoms with Gasteiger partial charge in [-0.15, -0.1) is 11.3 Å². The molecule has 0 saturated heterocycles. The smallest absolute Gasteiger partial charge is 0.235 e. The van der Waals surface area contributed by atoms with Crippen molar-refractivity contribution in [3.8, 4) is 17.2 Å². The third-order valence-electron chi connectivity index (χ3n) is 9.98. The zero-order valence-electron chi connectivity index (χ0n) is 25.7. The van der Waals surface area contributed by atoms with Gasteiger partial charge in [0.25, 0.3) is 0 Å². The van der Waals surface area contributed by atoms with Crippen molar-refractivity contribution in [2.45, 2.75) is 0 Å². The standard InChI is InChI=1S/C44H25N3S/c1-2-13-27(14-3-1)40-43-41(34-20-10-11-21-37(34)48-43)46-44(45-40)47-36-25-24-33-31-18-7-6-16-29(31)30-17-8-9-19-32(30)38(33)39(36)35-23-22-26-12-4-5-15-28(26)42(35)47/h1-25H. The third-order valence-corrected chi connectivity index (χ3v) is 11.1. The van der Waals surface area contributed by atoms with Crippen molar-refractivity contribution >= 4 is 96.5 Å². The molecule has 0 aliphatic heterocycles. The minimum absolute atomic E-state index is 0.686. The first-order valence-corrected chi connectivity index (χ1v) is 17.1. The molecule has 0 aliphatic carbocycles. The van der Waals surface area contributed by atoms with E-state index in [1.807, 2.05) is 0 Å². The molecule has 0 amide bonds. The first-order chi connectivity index (χ1) is 23.8. The lowest BCUT2D eigenvalue weighted by Gasteiger charge is -2.13. The average Bonchev–Trinajstić information content (AvgIpc) is 3.71. The van der Waals surface area contributed by atoms with Crippen molar-refractivity contribution in [2.24, 2.45) is 0 Å². The first kappa shape index (κ1) is 26.0. The lowest BCUT2D eigenvalue weighted by Crippen LogP contribution is -2.03. The molecule has 0 radical (unpaired) electrons. The van der Waals surface area contributed by atoms with Gasteiger partial charge in [0.2, 0.25) is 5.95 Å². The summed E-state index contributed by atoms with van der Waals surface area (Å²) in [6.07, 6.45) is 0. The molecule has 222 valence electrons. The van der Waals surface area contributed by atoms with Gasteiger partial charge in [-0.2, -0.15) is 0 Å². The monoisotopic (exact) mass is 627 g/mol. The van der Waals surface area contributed by atoms with Crippen molar-refractivity contribution in [3.63, 3.8) is 0 Å². The van der Waals surface area contributed by atoms with E-state index in [0.29, 0.717) is 5.95 Å². The Kier molecular flexibility index (Phi) is 5.26. The zero-order chi connectivity index (χ0) is 31.3. The molecule has 3 heterocycles. The van der Waals surface area contributed by atoms with Crippen LogP contribution in [0, 0.1) is 0 Å². The zero-order valence-corrected chi connectivity index (χ0v) is 26.5. The van der Waals surface area contributed by atoms with Crippen LogP contribution in [-0.2, 0) is 0 Å². The van der Waals surface area contributed by atoms with Gasteiger partial charge in [0, 0.05) is 37.2 Å². The maximum absolute atomic E-state index is 5.47. The fourth-order valence-corrected chi connectivity index (χ4v) is 9.09. The van der Waals surface area contributed by atoms with Gasteiger partial charge in [-0.25, -0.2) is 9.97 Å². The van der Waals surface area contributed by atoms with Crippen LogP contribution in [0.25, 0.3) is 102 Å². The minimum atomic E-state index is 0.686. The lowest BCUT2D eigenvalue weighted by molar-refractivity contribution is 1.02. The second-order valence-corrected chi connectivity index (χ2v) is 13.6. The third kappa shape index (κ3) is 3.47. The van der Waals surface area contributed by atoms with Crippen LogP contribution < -0.4 is 0 Å². The molecule has 11 rings (SSSR count). The summed E-state index contributed by atoms with van der Waals surface area (Å²) in [6.45, 7) is 0. The summed E-state index contributed by atoms with van der Waals surface area (Å²) in [5.41, 5.74) is 5.28. The van der Waals surface area contributed by atoms with Gasteiger partial charge in [-0.05, 0) is 44.5 Å². The maximum atomic E-state index is 5.47. The van der Waals surface area contributed by atoms with Crippen LogP contribution in [0.4, 0.5) is 0 Å². The van der Waals surface area contributed by atoms with Crippen LogP contribution in [0.15, 0.2) is 152 Å². The van der Waals surface area contributed by atoms with Gasteiger partial charge in [-0.3, -0.25) is 4.57 Å². The molecule has 0 saturated carbocycles. The molecule has 0 aliphatic rings. The van der Waals surface area contributed by atoms with Gasteiger partial charge in [-0.1, -0.05) is 140 Å². The van der Waals surface area contributed by atoms with Crippen molar-refractivity contribution in [3.05, 3.63) is 152 Å². The first-order valence-electron chi connectivity index (χ1n) is 16.3. The number of hydrogen-bond donors (Lipinski definition) is 0. The van der Waals surface area contributed by atoms with Gasteiger partial charge in [0.1, 0.15) is 0 Å². The molecule has 0 spiro atoms. The van der Waals surface area contributed by atoms with E-state index in [0.717, 1.165) is 37.9 Å². The fourth-order valence-electron chi connectivity index (χ4n) is 7.94. The molecule has 3 aromatic heterocycles. The number of fused-ring (bicyclic) bond motifs is 15. The van der Waals surface area contributed by atoms with Crippen LogP contribution in [0.1, 0.15) is 0 Å². The van der Waals surface area contributed by atoms with E-state index in [2.05, 4.69) is 156 Å². The van der Waals surface area contributed by atoms with Crippen molar-refractivity contribution in [1.29, 1.82) is 0 Å². The number of aromatic nitrogens is 3. The van der Waals surface area contributed by atoms with E-state index < -0.39 is 0 Å². The SMILES string of the molecule is c1ccc(-c2nc(-n3c4ccc5c6ccccc6c6ccccc6c5c4c4ccc5ccccc5c43)nc3c2sc2ccccc23)cc1. The topological polar surface area (TPSA) is 30.7 Å². The Hall–Kier alpha value is -6.10. The van der Waals surface area contributed by atoms with E-state index in [1.165, 1.54) is 58.6 Å². The molecule has 0 unspecified atom stereocenters.